The summed E-state index contributed by atoms with van der Waals surface area (Å²) in [5.74, 6) is -0.0284. The fourth-order valence-corrected chi connectivity index (χ4v) is 4.35. The molecule has 1 aliphatic heterocycles. The molecule has 0 radical (unpaired) electrons. The minimum absolute atomic E-state index is 0.0395. The molecule has 11 nitrogen and oxygen atoms in total. The third-order valence-electron chi connectivity index (χ3n) is 4.82. The van der Waals surface area contributed by atoms with Crippen LogP contribution in [-0.4, -0.2) is 60.0 Å². The van der Waals surface area contributed by atoms with Gasteiger partial charge in [-0.05, 0) is 44.4 Å². The maximum absolute atomic E-state index is 13.4. The molecule has 0 saturated carbocycles. The van der Waals surface area contributed by atoms with Crippen molar-refractivity contribution in [2.75, 3.05) is 54.1 Å². The van der Waals surface area contributed by atoms with Crippen molar-refractivity contribution in [1.29, 1.82) is 0 Å². The summed E-state index contributed by atoms with van der Waals surface area (Å²) in [7, 11) is 0. The maximum Gasteiger partial charge on any atom is 0.253 e. The monoisotopic (exact) mass is 540 g/mol. The molecule has 0 unspecified atom stereocenters. The first-order chi connectivity index (χ1) is 16.0. The molecule has 1 aliphatic rings. The third-order valence-corrected chi connectivity index (χ3v) is 6.38. The van der Waals surface area contributed by atoms with E-state index >= 15 is 0 Å². The van der Waals surface area contributed by atoms with E-state index in [0.717, 1.165) is 0 Å². The highest BCUT2D eigenvalue weighted by Crippen LogP contribution is 2.24. The van der Waals surface area contributed by atoms with Gasteiger partial charge in [-0.3, -0.25) is 9.59 Å². The molecule has 2 aromatic carbocycles. The molecule has 1 saturated heterocycles. The van der Waals surface area contributed by atoms with Crippen LogP contribution in [0.25, 0.3) is 0 Å². The fourth-order valence-electron chi connectivity index (χ4n) is 3.22. The van der Waals surface area contributed by atoms with E-state index in [2.05, 4.69) is 42.0 Å². The van der Waals surface area contributed by atoms with Gasteiger partial charge in [0.2, 0.25) is 5.84 Å². The number of ether oxygens (including phenoxy) is 1. The van der Waals surface area contributed by atoms with Crippen molar-refractivity contribution in [3.8, 4) is 0 Å². The van der Waals surface area contributed by atoms with Crippen molar-refractivity contribution in [3.63, 3.8) is 0 Å². The molecular formula is C19H18BrFN6O5S. The molecule has 3 N–H and O–H groups in total. The molecule has 1 aromatic heterocycles. The van der Waals surface area contributed by atoms with Crippen molar-refractivity contribution in [2.24, 2.45) is 5.16 Å². The Hall–Kier alpha value is -2.97. The van der Waals surface area contributed by atoms with Gasteiger partial charge in [0.05, 0.1) is 17.7 Å². The van der Waals surface area contributed by atoms with Crippen molar-refractivity contribution in [2.45, 2.75) is 5.03 Å². The highest BCUT2D eigenvalue weighted by molar-refractivity contribution is 9.10. The first-order valence-electron chi connectivity index (χ1n) is 9.79. The van der Waals surface area contributed by atoms with Crippen LogP contribution in [0.4, 0.5) is 21.5 Å². The summed E-state index contributed by atoms with van der Waals surface area (Å²) in [6, 6.07) is 4.18. The lowest BCUT2D eigenvalue weighted by molar-refractivity contribution is 0.122. The minimum Gasteiger partial charge on any atom is -0.409 e. The predicted octanol–water partition coefficient (Wildman–Crippen LogP) is 1.86. The molecular weight excluding hydrogens is 523 g/mol. The number of benzene rings is 1. The smallest absolute Gasteiger partial charge is 0.253 e. The Morgan fingerprint density at radius 3 is 2.79 bits per heavy atom. The zero-order valence-electron chi connectivity index (χ0n) is 17.0. The number of hydrogen-bond acceptors (Lipinski definition) is 11. The molecule has 174 valence electrons. The Balaban J connectivity index is 1.36. The van der Waals surface area contributed by atoms with E-state index in [1.54, 1.807) is 0 Å². The predicted molar refractivity (Wildman–Crippen MR) is 124 cm³/mol. The Morgan fingerprint density at radius 1 is 1.27 bits per heavy atom. The molecule has 0 bridgehead atoms. The fraction of sp³-hybridized carbons (Fsp3) is 0.316. The number of aromatic nitrogens is 2. The largest absolute Gasteiger partial charge is 0.409 e. The van der Waals surface area contributed by atoms with Gasteiger partial charge in [0, 0.05) is 31.1 Å². The van der Waals surface area contributed by atoms with Gasteiger partial charge in [-0.2, -0.15) is 0 Å². The molecule has 33 heavy (non-hydrogen) atoms. The van der Waals surface area contributed by atoms with Crippen LogP contribution in [0.2, 0.25) is 0 Å². The van der Waals surface area contributed by atoms with E-state index in [1.165, 1.54) is 30.0 Å². The number of nitrogens with one attached hydrogen (secondary N) is 2. The van der Waals surface area contributed by atoms with Crippen LogP contribution < -0.4 is 26.4 Å². The summed E-state index contributed by atoms with van der Waals surface area (Å²) >= 11 is 4.34. The summed E-state index contributed by atoms with van der Waals surface area (Å²) < 4.78 is 23.7. The Labute approximate surface area is 198 Å². The van der Waals surface area contributed by atoms with Gasteiger partial charge in [-0.15, -0.1) is 0 Å². The van der Waals surface area contributed by atoms with Gasteiger partial charge < -0.3 is 25.5 Å². The molecule has 0 aliphatic carbocycles. The SMILES string of the molecule is O=c1c(NCCSc2nonc2/C(=N\O)Nc2ccc(F)c(Br)c2)c(N2CCOCC2)c1=O. The van der Waals surface area contributed by atoms with Crippen LogP contribution in [0.1, 0.15) is 5.69 Å². The van der Waals surface area contributed by atoms with E-state index < -0.39 is 16.7 Å². The summed E-state index contributed by atoms with van der Waals surface area (Å²) in [6.45, 7) is 2.50. The average Bonchev–Trinajstić information content (AvgIpc) is 3.30. The number of nitrogens with zero attached hydrogens (tertiary/aromatic N) is 4. The first-order valence-corrected chi connectivity index (χ1v) is 11.6. The second kappa shape index (κ2) is 10.3. The van der Waals surface area contributed by atoms with Crippen LogP contribution in [0.3, 0.4) is 0 Å². The second-order valence-electron chi connectivity index (χ2n) is 6.88. The number of anilines is 3. The zero-order valence-corrected chi connectivity index (χ0v) is 19.4. The van der Waals surface area contributed by atoms with Crippen LogP contribution >= 0.6 is 27.7 Å². The van der Waals surface area contributed by atoms with Crippen molar-refractivity contribution in [3.05, 3.63) is 54.6 Å². The highest BCUT2D eigenvalue weighted by atomic mass is 79.9. The number of hydrogen-bond donors (Lipinski definition) is 3. The quantitative estimate of drug-likeness (QED) is 0.0732. The van der Waals surface area contributed by atoms with Gasteiger partial charge in [0.15, 0.2) is 10.7 Å². The van der Waals surface area contributed by atoms with Crippen LogP contribution in [-0.2, 0) is 4.74 Å². The molecule has 1 fully saturated rings. The lowest BCUT2D eigenvalue weighted by Crippen LogP contribution is -2.47. The average molecular weight is 541 g/mol. The molecule has 2 heterocycles. The molecule has 4 rings (SSSR count). The second-order valence-corrected chi connectivity index (χ2v) is 8.81. The van der Waals surface area contributed by atoms with Gasteiger partial charge in [0.1, 0.15) is 17.2 Å². The van der Waals surface area contributed by atoms with Crippen LogP contribution in [0.15, 0.2) is 47.1 Å². The van der Waals surface area contributed by atoms with Gasteiger partial charge in [0.25, 0.3) is 10.9 Å². The Kier molecular flexibility index (Phi) is 7.25. The topological polar surface area (TPSA) is 142 Å². The van der Waals surface area contributed by atoms with Crippen LogP contribution in [0, 0.1) is 5.82 Å². The van der Waals surface area contributed by atoms with Gasteiger partial charge >= 0.3 is 0 Å². The van der Waals surface area contributed by atoms with E-state index in [4.69, 9.17) is 9.37 Å². The van der Waals surface area contributed by atoms with E-state index in [0.29, 0.717) is 60.7 Å². The summed E-state index contributed by atoms with van der Waals surface area (Å²) in [6.07, 6.45) is 0. The lowest BCUT2D eigenvalue weighted by Gasteiger charge is -2.30. The molecule has 3 aromatic rings. The number of morpholine rings is 1. The third kappa shape index (κ3) is 5.02. The summed E-state index contributed by atoms with van der Waals surface area (Å²) in [5.41, 5.74) is 0.300. The Morgan fingerprint density at radius 2 is 2.06 bits per heavy atom. The molecule has 0 atom stereocenters. The highest BCUT2D eigenvalue weighted by Gasteiger charge is 2.27. The normalized spacial score (nSPS) is 14.6. The number of halogens is 2. The maximum atomic E-state index is 13.4. The standard InChI is InChI=1S/C19H18BrFN6O5S/c20-11-9-10(1-2-12(11)21)23-18(24-30)14-19(26-32-25-14)33-8-3-22-13-15(17(29)16(13)28)27-4-6-31-7-5-27/h1-2,9,22,30H,3-8H2,(H,23,24). The molecule has 0 amide bonds. The minimum atomic E-state index is -0.533. The zero-order chi connectivity index (χ0) is 23.4. The van der Waals surface area contributed by atoms with E-state index in [-0.39, 0.29) is 16.0 Å². The van der Waals surface area contributed by atoms with Crippen molar-refractivity contribution >= 4 is 50.6 Å². The van der Waals surface area contributed by atoms with Crippen LogP contribution in [0.5, 0.6) is 0 Å². The number of oxime groups is 1. The Bertz CT molecular complexity index is 1240. The lowest BCUT2D eigenvalue weighted by atomic mass is 10.1. The molecule has 0 spiro atoms. The van der Waals surface area contributed by atoms with Gasteiger partial charge in [-0.25, -0.2) is 9.02 Å². The van der Waals surface area contributed by atoms with E-state index in [1.807, 2.05) is 4.90 Å². The molecule has 14 heteroatoms. The van der Waals surface area contributed by atoms with Crippen molar-refractivity contribution in [1.82, 2.24) is 10.3 Å². The first kappa shape index (κ1) is 23.2. The number of amidine groups is 1. The number of thioether (sulfide) groups is 1. The number of rotatable bonds is 8. The van der Waals surface area contributed by atoms with Gasteiger partial charge in [-0.1, -0.05) is 16.9 Å². The van der Waals surface area contributed by atoms with Crippen molar-refractivity contribution < 1.29 is 19.0 Å². The summed E-state index contributed by atoms with van der Waals surface area (Å²) in [5, 5.41) is 26.4. The van der Waals surface area contributed by atoms with E-state index in [9.17, 15) is 19.2 Å². The summed E-state index contributed by atoms with van der Waals surface area (Å²) in [4.78, 5) is 25.8.